The van der Waals surface area contributed by atoms with E-state index in [4.69, 9.17) is 5.11 Å². The number of thioether (sulfide) groups is 1. The Bertz CT molecular complexity index is 368. The average molecular weight is 258 g/mol. The lowest BCUT2D eigenvalue weighted by molar-refractivity contribution is -0.133. The van der Waals surface area contributed by atoms with Crippen LogP contribution in [-0.2, 0) is 10.3 Å². The van der Waals surface area contributed by atoms with Crippen LogP contribution in [0, 0.1) is 0 Å². The highest BCUT2D eigenvalue weighted by Crippen LogP contribution is 2.31. The zero-order valence-electron chi connectivity index (χ0n) is 10.4. The molecular formula is C10H18N4O2S. The van der Waals surface area contributed by atoms with E-state index in [1.165, 1.54) is 0 Å². The second-order valence-corrected chi connectivity index (χ2v) is 4.78. The molecule has 6 nitrogen and oxygen atoms in total. The van der Waals surface area contributed by atoms with Crippen molar-refractivity contribution in [2.24, 2.45) is 0 Å². The molecule has 7 heteroatoms. The topological polar surface area (TPSA) is 80.9 Å². The molecule has 0 aliphatic heterocycles. The Morgan fingerprint density at radius 1 is 1.35 bits per heavy atom. The average Bonchev–Trinajstić information content (AvgIpc) is 2.79. The molecule has 1 aromatic heterocycles. The van der Waals surface area contributed by atoms with E-state index in [0.717, 1.165) is 31.0 Å². The van der Waals surface area contributed by atoms with Crippen molar-refractivity contribution in [2.45, 2.75) is 50.7 Å². The first-order chi connectivity index (χ1) is 8.09. The molecule has 0 atom stereocenters. The Kier molecular flexibility index (Phi) is 4.92. The minimum atomic E-state index is -0.861. The van der Waals surface area contributed by atoms with Gasteiger partial charge in [-0.2, -0.15) is 0 Å². The Morgan fingerprint density at radius 3 is 2.41 bits per heavy atom. The molecule has 17 heavy (non-hydrogen) atoms. The highest BCUT2D eigenvalue weighted by molar-refractivity contribution is 7.99. The zero-order chi connectivity index (χ0) is 12.9. The number of rotatable bonds is 7. The van der Waals surface area contributed by atoms with Gasteiger partial charge in [-0.1, -0.05) is 32.5 Å². The van der Waals surface area contributed by atoms with Gasteiger partial charge in [0.2, 0.25) is 5.16 Å². The van der Waals surface area contributed by atoms with Crippen molar-refractivity contribution in [3.05, 3.63) is 0 Å². The van der Waals surface area contributed by atoms with Crippen molar-refractivity contribution in [1.82, 2.24) is 20.2 Å². The quantitative estimate of drug-likeness (QED) is 0.751. The van der Waals surface area contributed by atoms with Gasteiger partial charge in [0.05, 0.1) is 11.3 Å². The molecule has 0 aliphatic carbocycles. The number of hydrogen-bond donors (Lipinski definition) is 1. The monoisotopic (exact) mass is 258 g/mol. The molecule has 1 aromatic rings. The standard InChI is InChI=1S/C10H18N4O2S/c1-4-10(5-2,6-3)14-9(11-12-13-14)17-7-8(15)16/h4-7H2,1-3H3,(H,15,16). The highest BCUT2D eigenvalue weighted by Gasteiger charge is 2.30. The third kappa shape index (κ3) is 2.96. The number of aliphatic carboxylic acids is 1. The molecule has 0 saturated carbocycles. The van der Waals surface area contributed by atoms with Gasteiger partial charge in [0, 0.05) is 0 Å². The molecule has 1 heterocycles. The summed E-state index contributed by atoms with van der Waals surface area (Å²) in [6.45, 7) is 6.29. The van der Waals surface area contributed by atoms with E-state index in [9.17, 15) is 4.79 Å². The van der Waals surface area contributed by atoms with Crippen LogP contribution in [0.4, 0.5) is 0 Å². The van der Waals surface area contributed by atoms with E-state index in [-0.39, 0.29) is 11.3 Å². The summed E-state index contributed by atoms with van der Waals surface area (Å²) < 4.78 is 1.78. The summed E-state index contributed by atoms with van der Waals surface area (Å²) >= 11 is 1.16. The first-order valence-corrected chi connectivity index (χ1v) is 6.71. The Morgan fingerprint density at radius 2 is 1.94 bits per heavy atom. The summed E-state index contributed by atoms with van der Waals surface area (Å²) in [6.07, 6.45) is 2.77. The van der Waals surface area contributed by atoms with Crippen LogP contribution in [0.25, 0.3) is 0 Å². The molecule has 0 saturated heterocycles. The number of aromatic nitrogens is 4. The first kappa shape index (κ1) is 14.0. The third-order valence-electron chi connectivity index (χ3n) is 3.19. The molecule has 0 bridgehead atoms. The van der Waals surface area contributed by atoms with Crippen molar-refractivity contribution in [1.29, 1.82) is 0 Å². The lowest BCUT2D eigenvalue weighted by Crippen LogP contribution is -2.33. The van der Waals surface area contributed by atoms with Crippen molar-refractivity contribution in [3.8, 4) is 0 Å². The van der Waals surface area contributed by atoms with Crippen LogP contribution in [0.15, 0.2) is 5.16 Å². The van der Waals surface area contributed by atoms with E-state index in [1.807, 2.05) is 0 Å². The molecule has 1 rings (SSSR count). The summed E-state index contributed by atoms with van der Waals surface area (Å²) in [4.78, 5) is 10.6. The molecule has 0 spiro atoms. The third-order valence-corrected chi connectivity index (χ3v) is 4.09. The minimum absolute atomic E-state index is 0.0202. The first-order valence-electron chi connectivity index (χ1n) is 5.73. The predicted octanol–water partition coefficient (Wildman–Crippen LogP) is 1.78. The van der Waals surface area contributed by atoms with Crippen molar-refractivity contribution < 1.29 is 9.90 Å². The van der Waals surface area contributed by atoms with Gasteiger partial charge in [-0.3, -0.25) is 4.79 Å². The normalized spacial score (nSPS) is 11.7. The number of carboxylic acids is 1. The van der Waals surface area contributed by atoms with Crippen molar-refractivity contribution in [3.63, 3.8) is 0 Å². The minimum Gasteiger partial charge on any atom is -0.481 e. The summed E-state index contributed by atoms with van der Waals surface area (Å²) in [6, 6.07) is 0. The van der Waals surface area contributed by atoms with Crippen LogP contribution in [0.3, 0.4) is 0 Å². The number of carboxylic acid groups (broad SMARTS) is 1. The van der Waals surface area contributed by atoms with E-state index >= 15 is 0 Å². The Hall–Kier alpha value is -1.11. The molecule has 96 valence electrons. The van der Waals surface area contributed by atoms with Crippen LogP contribution in [-0.4, -0.2) is 37.0 Å². The van der Waals surface area contributed by atoms with Crippen LogP contribution in [0.2, 0.25) is 0 Å². The SMILES string of the molecule is CCC(CC)(CC)n1nnnc1SCC(=O)O. The van der Waals surface area contributed by atoms with Gasteiger partial charge in [-0.05, 0) is 29.7 Å². The molecule has 0 unspecified atom stereocenters. The highest BCUT2D eigenvalue weighted by atomic mass is 32.2. The fraction of sp³-hybridized carbons (Fsp3) is 0.800. The van der Waals surface area contributed by atoms with Gasteiger partial charge in [0.1, 0.15) is 0 Å². The lowest BCUT2D eigenvalue weighted by Gasteiger charge is -2.30. The fourth-order valence-electron chi connectivity index (χ4n) is 1.89. The van der Waals surface area contributed by atoms with Crippen molar-refractivity contribution >= 4 is 17.7 Å². The van der Waals surface area contributed by atoms with E-state index in [0.29, 0.717) is 5.16 Å². The number of carbonyl (C=O) groups is 1. The molecule has 0 fully saturated rings. The lowest BCUT2D eigenvalue weighted by atomic mass is 9.90. The summed E-state index contributed by atoms with van der Waals surface area (Å²) in [7, 11) is 0. The smallest absolute Gasteiger partial charge is 0.313 e. The number of nitrogens with zero attached hydrogens (tertiary/aromatic N) is 4. The van der Waals surface area contributed by atoms with Gasteiger partial charge >= 0.3 is 5.97 Å². The van der Waals surface area contributed by atoms with Crippen LogP contribution in [0.5, 0.6) is 0 Å². The van der Waals surface area contributed by atoms with Gasteiger partial charge < -0.3 is 5.11 Å². The van der Waals surface area contributed by atoms with E-state index in [1.54, 1.807) is 4.68 Å². The largest absolute Gasteiger partial charge is 0.481 e. The molecule has 0 aliphatic rings. The maximum atomic E-state index is 10.6. The van der Waals surface area contributed by atoms with Crippen molar-refractivity contribution in [2.75, 3.05) is 5.75 Å². The summed E-state index contributed by atoms with van der Waals surface area (Å²) in [5, 5.41) is 20.8. The fourth-order valence-corrected chi connectivity index (χ4v) is 2.59. The summed E-state index contributed by atoms with van der Waals surface area (Å²) in [5.41, 5.74) is -0.107. The van der Waals surface area contributed by atoms with Crippen LogP contribution in [0.1, 0.15) is 40.0 Å². The Labute approximate surface area is 105 Å². The second kappa shape index (κ2) is 6.00. The molecular weight excluding hydrogens is 240 g/mol. The predicted molar refractivity (Wildman–Crippen MR) is 65.0 cm³/mol. The summed E-state index contributed by atoms with van der Waals surface area (Å²) in [5.74, 6) is -0.882. The van der Waals surface area contributed by atoms with Gasteiger partial charge in [-0.25, -0.2) is 4.68 Å². The molecule has 0 amide bonds. The molecule has 0 aromatic carbocycles. The second-order valence-electron chi connectivity index (χ2n) is 3.84. The number of hydrogen-bond acceptors (Lipinski definition) is 5. The van der Waals surface area contributed by atoms with Gasteiger partial charge in [-0.15, -0.1) is 5.10 Å². The Balaban J connectivity index is 2.96. The molecule has 0 radical (unpaired) electrons. The van der Waals surface area contributed by atoms with Gasteiger partial charge in [0.25, 0.3) is 0 Å². The maximum Gasteiger partial charge on any atom is 0.313 e. The van der Waals surface area contributed by atoms with Crippen LogP contribution < -0.4 is 0 Å². The van der Waals surface area contributed by atoms with Gasteiger partial charge in [0.15, 0.2) is 0 Å². The van der Waals surface area contributed by atoms with E-state index in [2.05, 4.69) is 36.3 Å². The van der Waals surface area contributed by atoms with Crippen LogP contribution >= 0.6 is 11.8 Å². The van der Waals surface area contributed by atoms with E-state index < -0.39 is 5.97 Å². The zero-order valence-corrected chi connectivity index (χ0v) is 11.2. The molecule has 1 N–H and O–H groups in total. The maximum absolute atomic E-state index is 10.6. The number of tetrazole rings is 1.